The van der Waals surface area contributed by atoms with E-state index in [9.17, 15) is 9.90 Å². The second-order valence-electron chi connectivity index (χ2n) is 5.19. The normalized spacial score (nSPS) is 22.6. The van der Waals surface area contributed by atoms with Gasteiger partial charge in [-0.25, -0.2) is 4.79 Å². The molecule has 0 aliphatic carbocycles. The maximum atomic E-state index is 11.8. The Hall–Kier alpha value is -0.810. The van der Waals surface area contributed by atoms with Crippen molar-refractivity contribution in [1.29, 1.82) is 0 Å². The van der Waals surface area contributed by atoms with Crippen LogP contribution in [-0.4, -0.2) is 66.3 Å². The van der Waals surface area contributed by atoms with E-state index in [-0.39, 0.29) is 6.03 Å². The molecular weight excluding hydrogens is 230 g/mol. The highest BCUT2D eigenvalue weighted by molar-refractivity contribution is 5.73. The Balaban J connectivity index is 2.32. The minimum atomic E-state index is -0.484. The minimum Gasteiger partial charge on any atom is -0.392 e. The molecule has 106 valence electrons. The second-order valence-corrected chi connectivity index (χ2v) is 5.19. The van der Waals surface area contributed by atoms with E-state index in [0.29, 0.717) is 19.1 Å². The zero-order valence-corrected chi connectivity index (χ0v) is 11.9. The lowest BCUT2D eigenvalue weighted by Gasteiger charge is -2.35. The topological polar surface area (TPSA) is 55.8 Å². The number of aliphatic hydroxyl groups is 1. The summed E-state index contributed by atoms with van der Waals surface area (Å²) in [5, 5.41) is 12.2. The molecule has 0 bridgehead atoms. The van der Waals surface area contributed by atoms with E-state index in [1.54, 1.807) is 14.0 Å². The molecule has 1 fully saturated rings. The number of rotatable bonds is 5. The molecule has 0 aromatic rings. The largest absolute Gasteiger partial charge is 0.392 e. The van der Waals surface area contributed by atoms with Crippen LogP contribution in [0.3, 0.4) is 0 Å². The van der Waals surface area contributed by atoms with Crippen LogP contribution >= 0.6 is 0 Å². The predicted octanol–water partition coefficient (Wildman–Crippen LogP) is 0.883. The Kier molecular flexibility index (Phi) is 6.43. The summed E-state index contributed by atoms with van der Waals surface area (Å²) >= 11 is 0. The van der Waals surface area contributed by atoms with Crippen molar-refractivity contribution < 1.29 is 9.90 Å². The van der Waals surface area contributed by atoms with E-state index in [1.165, 1.54) is 17.7 Å². The molecule has 1 heterocycles. The van der Waals surface area contributed by atoms with Gasteiger partial charge in [-0.3, -0.25) is 4.90 Å². The van der Waals surface area contributed by atoms with Gasteiger partial charge in [0.1, 0.15) is 0 Å². The van der Waals surface area contributed by atoms with Crippen LogP contribution in [0.1, 0.15) is 33.1 Å². The maximum absolute atomic E-state index is 11.8. The zero-order chi connectivity index (χ0) is 13.5. The highest BCUT2D eigenvalue weighted by atomic mass is 16.3. The van der Waals surface area contributed by atoms with Gasteiger partial charge in [0.15, 0.2) is 0 Å². The second kappa shape index (κ2) is 7.59. The monoisotopic (exact) mass is 257 g/mol. The van der Waals surface area contributed by atoms with Crippen LogP contribution in [0.25, 0.3) is 0 Å². The van der Waals surface area contributed by atoms with Crippen LogP contribution in [0.4, 0.5) is 4.79 Å². The number of likely N-dealkylation sites (N-methyl/N-ethyl adjacent to an activating group) is 2. The first-order chi connectivity index (χ1) is 8.54. The van der Waals surface area contributed by atoms with E-state index in [4.69, 9.17) is 0 Å². The SMILES string of the molecule is CCN1CCCCC1CNC(=O)N(C)CC(C)O. The number of carbonyl (C=O) groups is 1. The fourth-order valence-corrected chi connectivity index (χ4v) is 2.53. The molecule has 5 heteroatoms. The van der Waals surface area contributed by atoms with Gasteiger partial charge >= 0.3 is 6.03 Å². The molecule has 1 saturated heterocycles. The van der Waals surface area contributed by atoms with Crippen molar-refractivity contribution >= 4 is 6.03 Å². The molecule has 1 aliphatic rings. The van der Waals surface area contributed by atoms with E-state index >= 15 is 0 Å². The number of carbonyl (C=O) groups excluding carboxylic acids is 1. The molecular formula is C13H27N3O2. The Morgan fingerprint density at radius 1 is 1.56 bits per heavy atom. The maximum Gasteiger partial charge on any atom is 0.317 e. The molecule has 5 nitrogen and oxygen atoms in total. The Labute approximate surface area is 110 Å². The fraction of sp³-hybridized carbons (Fsp3) is 0.923. The number of piperidine rings is 1. The van der Waals surface area contributed by atoms with Crippen molar-refractivity contribution in [3.63, 3.8) is 0 Å². The summed E-state index contributed by atoms with van der Waals surface area (Å²) in [5.74, 6) is 0. The highest BCUT2D eigenvalue weighted by Crippen LogP contribution is 2.15. The molecule has 18 heavy (non-hydrogen) atoms. The zero-order valence-electron chi connectivity index (χ0n) is 11.9. The number of likely N-dealkylation sites (tertiary alicyclic amines) is 1. The van der Waals surface area contributed by atoms with Gasteiger partial charge in [0.2, 0.25) is 0 Å². The molecule has 1 rings (SSSR count). The number of nitrogens with zero attached hydrogens (tertiary/aromatic N) is 2. The number of urea groups is 1. The summed E-state index contributed by atoms with van der Waals surface area (Å²) < 4.78 is 0. The Bertz CT molecular complexity index is 259. The van der Waals surface area contributed by atoms with E-state index < -0.39 is 6.10 Å². The van der Waals surface area contributed by atoms with Gasteiger partial charge in [0.05, 0.1) is 6.10 Å². The molecule has 2 amide bonds. The highest BCUT2D eigenvalue weighted by Gasteiger charge is 2.21. The fourth-order valence-electron chi connectivity index (χ4n) is 2.53. The average molecular weight is 257 g/mol. The summed E-state index contributed by atoms with van der Waals surface area (Å²) in [6.45, 7) is 7.11. The van der Waals surface area contributed by atoms with Gasteiger partial charge in [-0.2, -0.15) is 0 Å². The molecule has 0 aromatic carbocycles. The minimum absolute atomic E-state index is 0.0995. The third-order valence-corrected chi connectivity index (χ3v) is 3.53. The van der Waals surface area contributed by atoms with Crippen molar-refractivity contribution in [2.75, 3.05) is 33.2 Å². The van der Waals surface area contributed by atoms with Crippen LogP contribution in [0.15, 0.2) is 0 Å². The quantitative estimate of drug-likeness (QED) is 0.769. The molecule has 0 aromatic heterocycles. The van der Waals surface area contributed by atoms with Gasteiger partial charge in [0.25, 0.3) is 0 Å². The van der Waals surface area contributed by atoms with Crippen molar-refractivity contribution in [1.82, 2.24) is 15.1 Å². The standard InChI is InChI=1S/C13H27N3O2/c1-4-16-8-6-5-7-12(16)9-14-13(18)15(3)10-11(2)17/h11-12,17H,4-10H2,1-3H3,(H,14,18). The molecule has 0 radical (unpaired) electrons. The third kappa shape index (κ3) is 4.82. The first-order valence-electron chi connectivity index (χ1n) is 6.95. The summed E-state index contributed by atoms with van der Waals surface area (Å²) in [4.78, 5) is 15.8. The van der Waals surface area contributed by atoms with Gasteiger partial charge in [-0.15, -0.1) is 0 Å². The number of hydrogen-bond acceptors (Lipinski definition) is 3. The summed E-state index contributed by atoms with van der Waals surface area (Å²) in [7, 11) is 1.71. The summed E-state index contributed by atoms with van der Waals surface area (Å²) in [6, 6.07) is 0.366. The van der Waals surface area contributed by atoms with Crippen LogP contribution in [0.2, 0.25) is 0 Å². The van der Waals surface area contributed by atoms with Gasteiger partial charge in [0, 0.05) is 26.2 Å². The first kappa shape index (κ1) is 15.2. The lowest BCUT2D eigenvalue weighted by atomic mass is 10.0. The Morgan fingerprint density at radius 3 is 2.89 bits per heavy atom. The average Bonchev–Trinajstić information content (AvgIpc) is 2.35. The van der Waals surface area contributed by atoms with Crippen molar-refractivity contribution in [2.45, 2.75) is 45.3 Å². The molecule has 2 atom stereocenters. The Morgan fingerprint density at radius 2 is 2.28 bits per heavy atom. The smallest absolute Gasteiger partial charge is 0.317 e. The van der Waals surface area contributed by atoms with Crippen LogP contribution < -0.4 is 5.32 Å². The lowest BCUT2D eigenvalue weighted by Crippen LogP contribution is -2.49. The third-order valence-electron chi connectivity index (χ3n) is 3.53. The van der Waals surface area contributed by atoms with E-state index in [0.717, 1.165) is 19.5 Å². The summed E-state index contributed by atoms with van der Waals surface area (Å²) in [5.41, 5.74) is 0. The van der Waals surface area contributed by atoms with Crippen molar-refractivity contribution in [2.24, 2.45) is 0 Å². The van der Waals surface area contributed by atoms with Crippen LogP contribution in [0, 0.1) is 0 Å². The number of amides is 2. The molecule has 0 spiro atoms. The lowest BCUT2D eigenvalue weighted by molar-refractivity contribution is 0.134. The van der Waals surface area contributed by atoms with Crippen LogP contribution in [0.5, 0.6) is 0 Å². The van der Waals surface area contributed by atoms with E-state index in [1.807, 2.05) is 0 Å². The predicted molar refractivity (Wildman–Crippen MR) is 72.6 cm³/mol. The number of nitrogens with one attached hydrogen (secondary N) is 1. The number of hydrogen-bond donors (Lipinski definition) is 2. The molecule has 0 saturated carbocycles. The molecule has 2 N–H and O–H groups in total. The van der Waals surface area contributed by atoms with Gasteiger partial charge in [-0.05, 0) is 32.9 Å². The first-order valence-corrected chi connectivity index (χ1v) is 6.95. The van der Waals surface area contributed by atoms with Gasteiger partial charge < -0.3 is 15.3 Å². The molecule has 2 unspecified atom stereocenters. The van der Waals surface area contributed by atoms with Gasteiger partial charge in [-0.1, -0.05) is 13.3 Å². The van der Waals surface area contributed by atoms with Crippen LogP contribution in [-0.2, 0) is 0 Å². The molecule has 1 aliphatic heterocycles. The van der Waals surface area contributed by atoms with Crippen molar-refractivity contribution in [3.8, 4) is 0 Å². The number of aliphatic hydroxyl groups excluding tert-OH is 1. The summed E-state index contributed by atoms with van der Waals surface area (Å²) in [6.07, 6.45) is 3.19. The van der Waals surface area contributed by atoms with E-state index in [2.05, 4.69) is 17.1 Å². The van der Waals surface area contributed by atoms with Crippen molar-refractivity contribution in [3.05, 3.63) is 0 Å².